The molecule has 0 aliphatic carbocycles. The van der Waals surface area contributed by atoms with Crippen molar-refractivity contribution in [2.75, 3.05) is 6.61 Å². The highest BCUT2D eigenvalue weighted by molar-refractivity contribution is 6.30. The van der Waals surface area contributed by atoms with Gasteiger partial charge in [-0.25, -0.2) is 0 Å². The van der Waals surface area contributed by atoms with Gasteiger partial charge in [0.25, 0.3) is 0 Å². The van der Waals surface area contributed by atoms with E-state index in [1.807, 2.05) is 50.3 Å². The number of hydrogen-bond donors (Lipinski definition) is 0. The van der Waals surface area contributed by atoms with Gasteiger partial charge in [-0.3, -0.25) is 4.79 Å². The number of carbonyl (C=O) groups is 1. The highest BCUT2D eigenvalue weighted by Gasteiger charge is 2.13. The van der Waals surface area contributed by atoms with Gasteiger partial charge in [-0.1, -0.05) is 35.9 Å². The van der Waals surface area contributed by atoms with Crippen LogP contribution in [0.3, 0.4) is 0 Å². The Balaban J connectivity index is 2.78. The Morgan fingerprint density at radius 2 is 2.06 bits per heavy atom. The third-order valence-corrected chi connectivity index (χ3v) is 2.67. The minimum absolute atomic E-state index is 0.0521. The standard InChI is InChI=1S/C14H17ClO2/c1-3-5-12(10-14(16)17-4-2)11-6-8-13(15)9-7-11/h3,5-9,12H,4,10H2,1-2H3/b5-3+/t12-/m1/s1. The summed E-state index contributed by atoms with van der Waals surface area (Å²) in [5, 5.41) is 0.698. The number of esters is 1. The van der Waals surface area contributed by atoms with Crippen LogP contribution in [0.4, 0.5) is 0 Å². The summed E-state index contributed by atoms with van der Waals surface area (Å²) in [7, 11) is 0. The van der Waals surface area contributed by atoms with Gasteiger partial charge in [0.1, 0.15) is 0 Å². The Morgan fingerprint density at radius 3 is 2.59 bits per heavy atom. The molecule has 92 valence electrons. The van der Waals surface area contributed by atoms with Gasteiger partial charge in [-0.15, -0.1) is 0 Å². The predicted molar refractivity (Wildman–Crippen MR) is 70.3 cm³/mol. The molecule has 17 heavy (non-hydrogen) atoms. The van der Waals surface area contributed by atoms with E-state index in [1.165, 1.54) is 0 Å². The molecular weight excluding hydrogens is 236 g/mol. The normalized spacial score (nSPS) is 12.6. The van der Waals surface area contributed by atoms with E-state index < -0.39 is 0 Å². The zero-order chi connectivity index (χ0) is 12.7. The van der Waals surface area contributed by atoms with Gasteiger partial charge in [-0.2, -0.15) is 0 Å². The lowest BCUT2D eigenvalue weighted by Gasteiger charge is -2.12. The molecule has 1 aromatic carbocycles. The van der Waals surface area contributed by atoms with Crippen LogP contribution in [-0.4, -0.2) is 12.6 Å². The molecule has 0 heterocycles. The summed E-state index contributed by atoms with van der Waals surface area (Å²) < 4.78 is 4.97. The Morgan fingerprint density at radius 1 is 1.41 bits per heavy atom. The van der Waals surface area contributed by atoms with Crippen LogP contribution in [-0.2, 0) is 9.53 Å². The zero-order valence-electron chi connectivity index (χ0n) is 10.2. The summed E-state index contributed by atoms with van der Waals surface area (Å²) in [6.45, 7) is 4.17. The molecule has 1 atom stereocenters. The van der Waals surface area contributed by atoms with Crippen LogP contribution in [0.25, 0.3) is 0 Å². The number of carbonyl (C=O) groups excluding carboxylic acids is 1. The van der Waals surface area contributed by atoms with Crippen molar-refractivity contribution in [2.24, 2.45) is 0 Å². The van der Waals surface area contributed by atoms with Gasteiger partial charge in [0.05, 0.1) is 13.0 Å². The fourth-order valence-electron chi connectivity index (χ4n) is 1.64. The molecule has 0 fully saturated rings. The maximum atomic E-state index is 11.5. The lowest BCUT2D eigenvalue weighted by atomic mass is 9.95. The molecule has 2 nitrogen and oxygen atoms in total. The summed E-state index contributed by atoms with van der Waals surface area (Å²) in [4.78, 5) is 11.5. The molecule has 0 aromatic heterocycles. The minimum atomic E-state index is -0.175. The average molecular weight is 253 g/mol. The SMILES string of the molecule is C/C=C/[C@H](CC(=O)OCC)c1ccc(Cl)cc1. The van der Waals surface area contributed by atoms with Crippen LogP contribution in [0.15, 0.2) is 36.4 Å². The molecular formula is C14H17ClO2. The lowest BCUT2D eigenvalue weighted by molar-refractivity contribution is -0.143. The van der Waals surface area contributed by atoms with E-state index in [-0.39, 0.29) is 11.9 Å². The van der Waals surface area contributed by atoms with E-state index >= 15 is 0 Å². The molecule has 0 spiro atoms. The largest absolute Gasteiger partial charge is 0.466 e. The predicted octanol–water partition coefficient (Wildman–Crippen LogP) is 3.95. The van der Waals surface area contributed by atoms with Crippen molar-refractivity contribution < 1.29 is 9.53 Å². The maximum Gasteiger partial charge on any atom is 0.306 e. The Bertz CT molecular complexity index is 382. The molecule has 0 bridgehead atoms. The molecule has 1 aromatic rings. The van der Waals surface area contributed by atoms with E-state index in [4.69, 9.17) is 16.3 Å². The first-order valence-corrected chi connectivity index (χ1v) is 6.09. The molecule has 0 radical (unpaired) electrons. The van der Waals surface area contributed by atoms with Crippen molar-refractivity contribution >= 4 is 17.6 Å². The summed E-state index contributed by atoms with van der Waals surface area (Å²) >= 11 is 5.84. The van der Waals surface area contributed by atoms with Crippen LogP contribution in [0.2, 0.25) is 5.02 Å². The minimum Gasteiger partial charge on any atom is -0.466 e. The molecule has 1 rings (SSSR count). The number of allylic oxidation sites excluding steroid dienone is 2. The van der Waals surface area contributed by atoms with Crippen LogP contribution in [0.5, 0.6) is 0 Å². The lowest BCUT2D eigenvalue weighted by Crippen LogP contribution is -2.09. The van der Waals surface area contributed by atoms with E-state index in [0.717, 1.165) is 5.56 Å². The number of benzene rings is 1. The van der Waals surface area contributed by atoms with Crippen molar-refractivity contribution in [1.82, 2.24) is 0 Å². The second kappa shape index (κ2) is 7.13. The molecule has 0 saturated carbocycles. The van der Waals surface area contributed by atoms with Crippen molar-refractivity contribution in [1.29, 1.82) is 0 Å². The summed E-state index contributed by atoms with van der Waals surface area (Å²) in [5.41, 5.74) is 1.07. The van der Waals surface area contributed by atoms with E-state index in [2.05, 4.69) is 0 Å². The van der Waals surface area contributed by atoms with Crippen LogP contribution in [0, 0.1) is 0 Å². The average Bonchev–Trinajstić information content (AvgIpc) is 2.30. The number of hydrogen-bond acceptors (Lipinski definition) is 2. The van der Waals surface area contributed by atoms with Gasteiger partial charge in [-0.05, 0) is 31.5 Å². The first-order chi connectivity index (χ1) is 8.17. The number of ether oxygens (including phenoxy) is 1. The smallest absolute Gasteiger partial charge is 0.306 e. The highest BCUT2D eigenvalue weighted by atomic mass is 35.5. The van der Waals surface area contributed by atoms with Gasteiger partial charge < -0.3 is 4.74 Å². The molecule has 3 heteroatoms. The third-order valence-electron chi connectivity index (χ3n) is 2.41. The molecule has 0 N–H and O–H groups in total. The van der Waals surface area contributed by atoms with Gasteiger partial charge in [0.15, 0.2) is 0 Å². The maximum absolute atomic E-state index is 11.5. The fourth-order valence-corrected chi connectivity index (χ4v) is 1.76. The van der Waals surface area contributed by atoms with Crippen LogP contribution >= 0.6 is 11.6 Å². The summed E-state index contributed by atoms with van der Waals surface area (Å²) in [5.74, 6) is -0.123. The Hall–Kier alpha value is -1.28. The van der Waals surface area contributed by atoms with Gasteiger partial charge in [0, 0.05) is 10.9 Å². The monoisotopic (exact) mass is 252 g/mol. The van der Waals surface area contributed by atoms with E-state index in [9.17, 15) is 4.79 Å². The third kappa shape index (κ3) is 4.61. The molecule has 0 amide bonds. The highest BCUT2D eigenvalue weighted by Crippen LogP contribution is 2.23. The number of halogens is 1. The van der Waals surface area contributed by atoms with Gasteiger partial charge in [0.2, 0.25) is 0 Å². The van der Waals surface area contributed by atoms with Crippen molar-refractivity contribution in [3.8, 4) is 0 Å². The van der Waals surface area contributed by atoms with Crippen LogP contribution in [0.1, 0.15) is 31.7 Å². The van der Waals surface area contributed by atoms with Crippen molar-refractivity contribution in [3.05, 3.63) is 47.0 Å². The molecule has 0 aliphatic heterocycles. The fraction of sp³-hybridized carbons (Fsp3) is 0.357. The first-order valence-electron chi connectivity index (χ1n) is 5.71. The quantitative estimate of drug-likeness (QED) is 0.586. The Kier molecular flexibility index (Phi) is 5.78. The first kappa shape index (κ1) is 13.8. The molecule has 0 aliphatic rings. The van der Waals surface area contributed by atoms with E-state index in [0.29, 0.717) is 18.1 Å². The van der Waals surface area contributed by atoms with Crippen molar-refractivity contribution in [2.45, 2.75) is 26.2 Å². The summed E-state index contributed by atoms with van der Waals surface area (Å²) in [6.07, 6.45) is 4.30. The van der Waals surface area contributed by atoms with Crippen molar-refractivity contribution in [3.63, 3.8) is 0 Å². The van der Waals surface area contributed by atoms with Gasteiger partial charge >= 0.3 is 5.97 Å². The second-order valence-corrected chi connectivity index (χ2v) is 4.13. The summed E-state index contributed by atoms with van der Waals surface area (Å²) in [6, 6.07) is 7.54. The topological polar surface area (TPSA) is 26.3 Å². The zero-order valence-corrected chi connectivity index (χ0v) is 10.9. The second-order valence-electron chi connectivity index (χ2n) is 3.69. The molecule has 0 unspecified atom stereocenters. The Labute approximate surface area is 107 Å². The number of rotatable bonds is 5. The van der Waals surface area contributed by atoms with E-state index in [1.54, 1.807) is 0 Å². The van der Waals surface area contributed by atoms with Crippen LogP contribution < -0.4 is 0 Å². The molecule has 0 saturated heterocycles.